The number of ether oxygens (including phenoxy) is 1. The van der Waals surface area contributed by atoms with Crippen LogP contribution in [0.1, 0.15) is 32.7 Å². The van der Waals surface area contributed by atoms with E-state index < -0.39 is 6.10 Å². The summed E-state index contributed by atoms with van der Waals surface area (Å²) in [5.74, 6) is 3.00. The van der Waals surface area contributed by atoms with Crippen LogP contribution < -0.4 is 9.61 Å². The third-order valence-corrected chi connectivity index (χ3v) is 5.11. The summed E-state index contributed by atoms with van der Waals surface area (Å²) in [4.78, 5) is 12.1. The molecule has 0 bridgehead atoms. The maximum Gasteiger partial charge on any atom is 0.329 e. The molecule has 0 radical (unpaired) electrons. The number of terminal acetylenes is 1. The van der Waals surface area contributed by atoms with Crippen molar-refractivity contribution in [3.05, 3.63) is 36.3 Å². The van der Waals surface area contributed by atoms with Crippen LogP contribution in [0.5, 0.6) is 5.75 Å². The summed E-state index contributed by atoms with van der Waals surface area (Å²) >= 11 is 10.8. The second-order valence-electron chi connectivity index (χ2n) is 6.00. The average molecular weight is 416 g/mol. The van der Waals surface area contributed by atoms with Crippen molar-refractivity contribution in [2.45, 2.75) is 39.2 Å². The van der Waals surface area contributed by atoms with Crippen molar-refractivity contribution < 1.29 is 4.74 Å². The molecule has 2 rings (SSSR count). The fraction of sp³-hybridized carbons (Fsp3) is 0.375. The first kappa shape index (κ1) is 18.1. The molecule has 1 atom stereocenters. The Balaban J connectivity index is 2.56. The molecule has 0 N–H and O–H groups in total. The van der Waals surface area contributed by atoms with Gasteiger partial charge in [0.15, 0.2) is 6.10 Å². The number of aromatic nitrogens is 2. The van der Waals surface area contributed by atoms with Crippen LogP contribution in [0.3, 0.4) is 0 Å². The monoisotopic (exact) mass is 414 g/mol. The van der Waals surface area contributed by atoms with E-state index in [1.54, 1.807) is 19.1 Å². The summed E-state index contributed by atoms with van der Waals surface area (Å²) in [6.07, 6.45) is 4.94. The van der Waals surface area contributed by atoms with Crippen LogP contribution in [0.2, 0.25) is 5.02 Å². The zero-order chi connectivity index (χ0) is 17.4. The molecular formula is C16H16BrClN2O2S. The summed E-state index contributed by atoms with van der Waals surface area (Å²) in [6, 6.07) is 3.33. The van der Waals surface area contributed by atoms with Crippen LogP contribution in [-0.4, -0.2) is 15.9 Å². The van der Waals surface area contributed by atoms with E-state index in [9.17, 15) is 4.79 Å². The molecule has 1 heterocycles. The van der Waals surface area contributed by atoms with Gasteiger partial charge in [0.25, 0.3) is 0 Å². The fourth-order valence-electron chi connectivity index (χ4n) is 1.73. The first-order chi connectivity index (χ1) is 10.6. The molecule has 0 amide bonds. The van der Waals surface area contributed by atoms with E-state index in [1.807, 2.05) is 20.8 Å². The fourth-order valence-corrected chi connectivity index (χ4v) is 3.36. The molecule has 1 aromatic carbocycles. The Morgan fingerprint density at radius 2 is 2.13 bits per heavy atom. The lowest BCUT2D eigenvalue weighted by Gasteiger charge is -2.14. The molecule has 0 fully saturated rings. The van der Waals surface area contributed by atoms with Gasteiger partial charge in [-0.05, 0) is 28.9 Å². The molecule has 4 nitrogen and oxygen atoms in total. The molecule has 2 aromatic rings. The molecule has 23 heavy (non-hydrogen) atoms. The molecular weight excluding hydrogens is 400 g/mol. The van der Waals surface area contributed by atoms with Gasteiger partial charge >= 0.3 is 4.87 Å². The average Bonchev–Trinajstić information content (AvgIpc) is 2.83. The van der Waals surface area contributed by atoms with E-state index >= 15 is 0 Å². The first-order valence-electron chi connectivity index (χ1n) is 6.86. The quantitative estimate of drug-likeness (QED) is 0.698. The largest absolute Gasteiger partial charge is 0.477 e. The van der Waals surface area contributed by atoms with E-state index in [4.69, 9.17) is 22.8 Å². The van der Waals surface area contributed by atoms with Gasteiger partial charge in [0.1, 0.15) is 10.8 Å². The van der Waals surface area contributed by atoms with E-state index in [0.717, 1.165) is 16.3 Å². The molecule has 1 aromatic heterocycles. The predicted octanol–water partition coefficient (Wildman–Crippen LogP) is 4.41. The second kappa shape index (κ2) is 6.68. The molecule has 122 valence electrons. The first-order valence-corrected chi connectivity index (χ1v) is 8.85. The van der Waals surface area contributed by atoms with E-state index in [2.05, 4.69) is 26.9 Å². The minimum absolute atomic E-state index is 0.199. The normalized spacial score (nSPS) is 12.7. The summed E-state index contributed by atoms with van der Waals surface area (Å²) in [5.41, 5.74) is 0.250. The topological polar surface area (TPSA) is 44.1 Å². The number of hydrogen-bond acceptors (Lipinski definition) is 4. The van der Waals surface area contributed by atoms with Crippen molar-refractivity contribution in [3.8, 4) is 23.8 Å². The second-order valence-corrected chi connectivity index (χ2v) is 8.20. The molecule has 7 heteroatoms. The van der Waals surface area contributed by atoms with E-state index in [0.29, 0.717) is 20.9 Å². The lowest BCUT2D eigenvalue weighted by atomic mass is 9.98. The molecule has 0 spiro atoms. The van der Waals surface area contributed by atoms with Crippen molar-refractivity contribution >= 4 is 38.9 Å². The maximum absolute atomic E-state index is 12.3. The van der Waals surface area contributed by atoms with Gasteiger partial charge in [-0.1, -0.05) is 49.6 Å². The Hall–Kier alpha value is -1.29. The summed E-state index contributed by atoms with van der Waals surface area (Å²) in [7, 11) is 0. The number of benzene rings is 1. The highest BCUT2D eigenvalue weighted by molar-refractivity contribution is 9.10. The van der Waals surface area contributed by atoms with Crippen LogP contribution in [0.15, 0.2) is 21.4 Å². The smallest absolute Gasteiger partial charge is 0.329 e. The lowest BCUT2D eigenvalue weighted by molar-refractivity contribution is 0.277. The van der Waals surface area contributed by atoms with Crippen molar-refractivity contribution in [3.63, 3.8) is 0 Å². The zero-order valence-corrected chi connectivity index (χ0v) is 16.3. The molecule has 0 saturated carbocycles. The van der Waals surface area contributed by atoms with Gasteiger partial charge in [-0.3, -0.25) is 4.79 Å². The highest BCUT2D eigenvalue weighted by atomic mass is 79.9. The number of hydrogen-bond donors (Lipinski definition) is 0. The Labute approximate surface area is 152 Å². The number of nitrogens with zero attached hydrogens (tertiary/aromatic N) is 2. The van der Waals surface area contributed by atoms with Crippen LogP contribution in [0, 0.1) is 12.3 Å². The van der Waals surface area contributed by atoms with Gasteiger partial charge in [-0.15, -0.1) is 6.42 Å². The van der Waals surface area contributed by atoms with E-state index in [1.165, 1.54) is 4.68 Å². The summed E-state index contributed by atoms with van der Waals surface area (Å²) in [6.45, 7) is 7.76. The summed E-state index contributed by atoms with van der Waals surface area (Å²) < 4.78 is 7.60. The third kappa shape index (κ3) is 3.97. The summed E-state index contributed by atoms with van der Waals surface area (Å²) in [5, 5.41) is 5.54. The van der Waals surface area contributed by atoms with Crippen molar-refractivity contribution in [1.82, 2.24) is 9.78 Å². The van der Waals surface area contributed by atoms with Crippen molar-refractivity contribution in [2.75, 3.05) is 0 Å². The van der Waals surface area contributed by atoms with Crippen molar-refractivity contribution in [2.24, 2.45) is 0 Å². The number of halogens is 2. The Morgan fingerprint density at radius 3 is 2.65 bits per heavy atom. The SMILES string of the molecule is C#CC(C)Oc1cc(-n2nc(C(C)(C)C)sc2=O)c(Cl)cc1Br. The third-order valence-electron chi connectivity index (χ3n) is 2.96. The van der Waals surface area contributed by atoms with Gasteiger partial charge in [0.2, 0.25) is 0 Å². The minimum Gasteiger partial charge on any atom is -0.477 e. The molecule has 0 saturated heterocycles. The highest BCUT2D eigenvalue weighted by Crippen LogP contribution is 2.34. The highest BCUT2D eigenvalue weighted by Gasteiger charge is 2.22. The molecule has 0 aliphatic carbocycles. The van der Waals surface area contributed by atoms with Gasteiger partial charge < -0.3 is 4.74 Å². The van der Waals surface area contributed by atoms with E-state index in [-0.39, 0.29) is 10.3 Å². The molecule has 1 unspecified atom stereocenters. The van der Waals surface area contributed by atoms with Crippen LogP contribution in [0.4, 0.5) is 0 Å². The van der Waals surface area contributed by atoms with Gasteiger partial charge in [-0.2, -0.15) is 9.78 Å². The Morgan fingerprint density at radius 1 is 1.48 bits per heavy atom. The minimum atomic E-state index is -0.405. The lowest BCUT2D eigenvalue weighted by Crippen LogP contribution is -2.15. The van der Waals surface area contributed by atoms with Crippen molar-refractivity contribution in [1.29, 1.82) is 0 Å². The van der Waals surface area contributed by atoms with Gasteiger partial charge in [0.05, 0.1) is 15.2 Å². The maximum atomic E-state index is 12.3. The Bertz CT molecular complexity index is 830. The predicted molar refractivity (Wildman–Crippen MR) is 98.0 cm³/mol. The molecule has 0 aliphatic heterocycles. The van der Waals surface area contributed by atoms with Crippen LogP contribution >= 0.6 is 38.9 Å². The number of rotatable bonds is 3. The van der Waals surface area contributed by atoms with Crippen LogP contribution in [0.25, 0.3) is 5.69 Å². The van der Waals surface area contributed by atoms with Gasteiger partial charge in [0, 0.05) is 11.5 Å². The standard InChI is InChI=1S/C16H16BrClN2O2S/c1-6-9(2)22-13-8-12(11(18)7-10(13)17)20-15(21)23-14(19-20)16(3,4)5/h1,7-9H,2-5H3. The molecule has 0 aliphatic rings. The zero-order valence-electron chi connectivity index (χ0n) is 13.2. The Kier molecular flexibility index (Phi) is 5.24. The van der Waals surface area contributed by atoms with Gasteiger partial charge in [-0.25, -0.2) is 0 Å². The van der Waals surface area contributed by atoms with Crippen LogP contribution in [-0.2, 0) is 5.41 Å².